The summed E-state index contributed by atoms with van der Waals surface area (Å²) in [6, 6.07) is -0.300. The Bertz CT molecular complexity index is 364. The monoisotopic (exact) mass is 267 g/mol. The van der Waals surface area contributed by atoms with E-state index >= 15 is 0 Å². The second-order valence-corrected chi connectivity index (χ2v) is 6.12. The van der Waals surface area contributed by atoms with Gasteiger partial charge in [0.1, 0.15) is 6.04 Å². The predicted molar refractivity (Wildman–Crippen MR) is 73.3 cm³/mol. The zero-order valence-corrected chi connectivity index (χ0v) is 11.9. The van der Waals surface area contributed by atoms with E-state index in [9.17, 15) is 9.59 Å². The van der Waals surface area contributed by atoms with Gasteiger partial charge in [-0.05, 0) is 38.0 Å². The first-order valence-corrected chi connectivity index (χ1v) is 7.27. The third-order valence-electron chi connectivity index (χ3n) is 4.64. The minimum Gasteiger partial charge on any atom is -0.357 e. The van der Waals surface area contributed by atoms with Crippen LogP contribution in [0.25, 0.3) is 0 Å². The van der Waals surface area contributed by atoms with E-state index in [0.29, 0.717) is 19.0 Å². The number of nitrogens with zero attached hydrogens (tertiary/aromatic N) is 1. The van der Waals surface area contributed by atoms with E-state index in [0.717, 1.165) is 32.1 Å². The van der Waals surface area contributed by atoms with E-state index < -0.39 is 5.41 Å². The van der Waals surface area contributed by atoms with Crippen LogP contribution >= 0.6 is 0 Å². The number of rotatable bonds is 3. The van der Waals surface area contributed by atoms with Crippen LogP contribution in [0.3, 0.4) is 0 Å². The third-order valence-corrected chi connectivity index (χ3v) is 4.64. The van der Waals surface area contributed by atoms with Crippen molar-refractivity contribution in [3.05, 3.63) is 0 Å². The number of hydrogen-bond acceptors (Lipinski definition) is 3. The summed E-state index contributed by atoms with van der Waals surface area (Å²) in [5.41, 5.74) is 5.44. The molecular weight excluding hydrogens is 242 g/mol. The molecule has 1 aliphatic heterocycles. The summed E-state index contributed by atoms with van der Waals surface area (Å²) in [5.74, 6) is 0.615. The fourth-order valence-electron chi connectivity index (χ4n) is 3.62. The number of piperidine rings is 1. The molecule has 0 aromatic rings. The number of carbonyl (C=O) groups excluding carboxylic acids is 2. The van der Waals surface area contributed by atoms with Crippen LogP contribution < -0.4 is 11.1 Å². The highest BCUT2D eigenvalue weighted by molar-refractivity contribution is 5.91. The molecule has 1 unspecified atom stereocenters. The van der Waals surface area contributed by atoms with Gasteiger partial charge in [0.05, 0.1) is 5.41 Å². The zero-order chi connectivity index (χ0) is 14.0. The summed E-state index contributed by atoms with van der Waals surface area (Å²) in [5, 5.41) is 2.67. The van der Waals surface area contributed by atoms with Crippen molar-refractivity contribution < 1.29 is 9.59 Å². The van der Waals surface area contributed by atoms with E-state index in [1.54, 1.807) is 11.9 Å². The molecule has 0 aromatic heterocycles. The SMILES string of the molecule is CNC(=O)C1CCCCN1C(=O)C1(CN)CC(C)C1. The highest BCUT2D eigenvalue weighted by Crippen LogP contribution is 2.46. The van der Waals surface area contributed by atoms with Crippen molar-refractivity contribution in [1.29, 1.82) is 0 Å². The second kappa shape index (κ2) is 5.49. The van der Waals surface area contributed by atoms with Crippen LogP contribution in [-0.4, -0.2) is 42.9 Å². The van der Waals surface area contributed by atoms with Gasteiger partial charge in [-0.1, -0.05) is 6.92 Å². The average Bonchev–Trinajstić information content (AvgIpc) is 2.42. The summed E-state index contributed by atoms with van der Waals surface area (Å²) in [7, 11) is 1.63. The van der Waals surface area contributed by atoms with Gasteiger partial charge in [-0.25, -0.2) is 0 Å². The van der Waals surface area contributed by atoms with E-state index in [1.165, 1.54) is 0 Å². The Balaban J connectivity index is 2.13. The maximum absolute atomic E-state index is 12.8. The Labute approximate surface area is 114 Å². The predicted octanol–water partition coefficient (Wildman–Crippen LogP) is 0.488. The lowest BCUT2D eigenvalue weighted by Gasteiger charge is -2.49. The molecule has 1 aliphatic carbocycles. The molecule has 0 spiro atoms. The molecular formula is C14H25N3O2. The molecule has 1 saturated heterocycles. The molecule has 2 aliphatic rings. The fraction of sp³-hybridized carbons (Fsp3) is 0.857. The first-order chi connectivity index (χ1) is 9.04. The molecule has 2 fully saturated rings. The van der Waals surface area contributed by atoms with Crippen LogP contribution in [0.2, 0.25) is 0 Å². The summed E-state index contributed by atoms with van der Waals surface area (Å²) in [6.45, 7) is 3.23. The number of carbonyl (C=O) groups is 2. The first-order valence-electron chi connectivity index (χ1n) is 7.27. The molecule has 3 N–H and O–H groups in total. The molecule has 1 heterocycles. The lowest BCUT2D eigenvalue weighted by Crippen LogP contribution is -2.60. The zero-order valence-electron chi connectivity index (χ0n) is 11.9. The number of likely N-dealkylation sites (tertiary alicyclic amines) is 1. The molecule has 0 bridgehead atoms. The highest BCUT2D eigenvalue weighted by atomic mass is 16.2. The van der Waals surface area contributed by atoms with Gasteiger partial charge in [0.25, 0.3) is 0 Å². The van der Waals surface area contributed by atoms with E-state index in [4.69, 9.17) is 5.73 Å². The summed E-state index contributed by atoms with van der Waals surface area (Å²) < 4.78 is 0. The van der Waals surface area contributed by atoms with Crippen LogP contribution in [0.5, 0.6) is 0 Å². The van der Waals surface area contributed by atoms with E-state index in [-0.39, 0.29) is 17.9 Å². The average molecular weight is 267 g/mol. The van der Waals surface area contributed by atoms with Crippen molar-refractivity contribution in [2.75, 3.05) is 20.1 Å². The normalized spacial score (nSPS) is 34.6. The van der Waals surface area contributed by atoms with Crippen molar-refractivity contribution in [3.63, 3.8) is 0 Å². The Morgan fingerprint density at radius 3 is 2.58 bits per heavy atom. The highest BCUT2D eigenvalue weighted by Gasteiger charge is 2.50. The van der Waals surface area contributed by atoms with Crippen LogP contribution in [0.4, 0.5) is 0 Å². The van der Waals surface area contributed by atoms with Gasteiger partial charge in [-0.2, -0.15) is 0 Å². The van der Waals surface area contributed by atoms with Crippen molar-refractivity contribution in [1.82, 2.24) is 10.2 Å². The summed E-state index contributed by atoms with van der Waals surface area (Å²) in [4.78, 5) is 26.5. The number of amides is 2. The molecule has 0 radical (unpaired) electrons. The molecule has 108 valence electrons. The van der Waals surface area contributed by atoms with Crippen LogP contribution in [-0.2, 0) is 9.59 Å². The molecule has 1 atom stereocenters. The van der Waals surface area contributed by atoms with Crippen molar-refractivity contribution in [3.8, 4) is 0 Å². The first kappa shape index (κ1) is 14.3. The summed E-state index contributed by atoms with van der Waals surface area (Å²) >= 11 is 0. The van der Waals surface area contributed by atoms with Gasteiger partial charge in [-0.3, -0.25) is 9.59 Å². The maximum Gasteiger partial charge on any atom is 0.242 e. The van der Waals surface area contributed by atoms with Crippen LogP contribution in [0.15, 0.2) is 0 Å². The third kappa shape index (κ3) is 2.48. The van der Waals surface area contributed by atoms with Gasteiger partial charge in [0, 0.05) is 20.1 Å². The maximum atomic E-state index is 12.8. The minimum atomic E-state index is -0.400. The van der Waals surface area contributed by atoms with Gasteiger partial charge >= 0.3 is 0 Å². The topological polar surface area (TPSA) is 75.4 Å². The number of likely N-dealkylation sites (N-methyl/N-ethyl adjacent to an activating group) is 1. The van der Waals surface area contributed by atoms with Gasteiger partial charge < -0.3 is 16.0 Å². The van der Waals surface area contributed by atoms with Crippen molar-refractivity contribution in [2.45, 2.75) is 45.1 Å². The molecule has 5 heteroatoms. The quantitative estimate of drug-likeness (QED) is 0.781. The fourth-order valence-corrected chi connectivity index (χ4v) is 3.62. The van der Waals surface area contributed by atoms with Gasteiger partial charge in [0.2, 0.25) is 11.8 Å². The largest absolute Gasteiger partial charge is 0.357 e. The van der Waals surface area contributed by atoms with E-state index in [1.807, 2.05) is 0 Å². The molecule has 19 heavy (non-hydrogen) atoms. The molecule has 0 aromatic carbocycles. The Kier molecular flexibility index (Phi) is 4.13. The van der Waals surface area contributed by atoms with Crippen molar-refractivity contribution in [2.24, 2.45) is 17.1 Å². The Morgan fingerprint density at radius 1 is 1.37 bits per heavy atom. The van der Waals surface area contributed by atoms with Gasteiger partial charge in [-0.15, -0.1) is 0 Å². The molecule has 2 amide bonds. The lowest BCUT2D eigenvalue weighted by molar-refractivity contribution is -0.157. The minimum absolute atomic E-state index is 0.0485. The number of hydrogen-bond donors (Lipinski definition) is 2. The Morgan fingerprint density at radius 2 is 2.05 bits per heavy atom. The van der Waals surface area contributed by atoms with E-state index in [2.05, 4.69) is 12.2 Å². The second-order valence-electron chi connectivity index (χ2n) is 6.12. The standard InChI is InChI=1S/C14H25N3O2/c1-10-7-14(8-10,9-15)13(19)17-6-4-3-5-11(17)12(18)16-2/h10-11H,3-9,15H2,1-2H3,(H,16,18). The van der Waals surface area contributed by atoms with Crippen LogP contribution in [0, 0.1) is 11.3 Å². The van der Waals surface area contributed by atoms with Crippen LogP contribution in [0.1, 0.15) is 39.0 Å². The summed E-state index contributed by atoms with van der Waals surface area (Å²) in [6.07, 6.45) is 4.48. The molecule has 5 nitrogen and oxygen atoms in total. The smallest absolute Gasteiger partial charge is 0.242 e. The van der Waals surface area contributed by atoms with Gasteiger partial charge in [0.15, 0.2) is 0 Å². The molecule has 2 rings (SSSR count). The lowest BCUT2D eigenvalue weighted by atomic mass is 9.61. The number of nitrogens with two attached hydrogens (primary N) is 1. The number of nitrogens with one attached hydrogen (secondary N) is 1. The molecule has 1 saturated carbocycles. The Hall–Kier alpha value is -1.10. The van der Waals surface area contributed by atoms with Crippen molar-refractivity contribution >= 4 is 11.8 Å².